The Hall–Kier alpha value is -3.85. The molecule has 0 atom stereocenters. The summed E-state index contributed by atoms with van der Waals surface area (Å²) in [5.74, 6) is 1.83. The first-order valence-electron chi connectivity index (χ1n) is 11.2. The zero-order chi connectivity index (χ0) is 25.0. The molecule has 1 amide bonds. The van der Waals surface area contributed by atoms with Crippen LogP contribution in [0.2, 0.25) is 5.02 Å². The van der Waals surface area contributed by atoms with Gasteiger partial charge in [0.25, 0.3) is 5.91 Å². The predicted molar refractivity (Wildman–Crippen MR) is 136 cm³/mol. The summed E-state index contributed by atoms with van der Waals surface area (Å²) in [6.07, 6.45) is 3.37. The molecule has 2 aromatic carbocycles. The van der Waals surface area contributed by atoms with Gasteiger partial charge < -0.3 is 20.1 Å². The number of hydrogen-bond donors (Lipinski definition) is 3. The minimum atomic E-state index is -0.331. The van der Waals surface area contributed by atoms with Crippen molar-refractivity contribution in [1.82, 2.24) is 25.5 Å². The maximum absolute atomic E-state index is 12.1. The topological polar surface area (TPSA) is 114 Å². The van der Waals surface area contributed by atoms with Crippen LogP contribution in [0.15, 0.2) is 48.8 Å². The number of amides is 1. The smallest absolute Gasteiger partial charge is 0.258 e. The quantitative estimate of drug-likeness (QED) is 0.312. The summed E-state index contributed by atoms with van der Waals surface area (Å²) in [5.41, 5.74) is 1.77. The van der Waals surface area contributed by atoms with Gasteiger partial charge in [-0.15, -0.1) is 0 Å². The summed E-state index contributed by atoms with van der Waals surface area (Å²) < 4.78 is 11.5. The van der Waals surface area contributed by atoms with E-state index < -0.39 is 0 Å². The monoisotopic (exact) mass is 494 g/mol. The number of nitrogens with one attached hydrogen (secondary N) is 3. The summed E-state index contributed by atoms with van der Waals surface area (Å²) in [5, 5.41) is 14.0. The van der Waals surface area contributed by atoms with Crippen LogP contribution in [0, 0.1) is 0 Å². The standard InChI is InChI=1S/C25H27ClN6O3/c1-5-34-22-18(26)9-10-19-21(22)24(29-16-12-27-28-13-16)31-23(30-19)15-7-6-8-17(11-15)35-14-20(33)32-25(2,3)4/h6-13H,5,14H2,1-4H3,(H,27,28)(H,32,33)(H,29,30,31). The van der Waals surface area contributed by atoms with Crippen molar-refractivity contribution >= 4 is 39.9 Å². The molecule has 4 rings (SSSR count). The lowest BCUT2D eigenvalue weighted by molar-refractivity contribution is -0.124. The van der Waals surface area contributed by atoms with Gasteiger partial charge in [-0.1, -0.05) is 23.7 Å². The van der Waals surface area contributed by atoms with Crippen LogP contribution in [-0.2, 0) is 4.79 Å². The molecule has 0 unspecified atom stereocenters. The molecule has 4 aromatic rings. The molecule has 35 heavy (non-hydrogen) atoms. The first-order chi connectivity index (χ1) is 16.7. The van der Waals surface area contributed by atoms with Crippen LogP contribution >= 0.6 is 11.6 Å². The van der Waals surface area contributed by atoms with Gasteiger partial charge in [0.15, 0.2) is 18.2 Å². The first kappa shape index (κ1) is 24.3. The zero-order valence-corrected chi connectivity index (χ0v) is 20.7. The molecule has 0 spiro atoms. The van der Waals surface area contributed by atoms with E-state index >= 15 is 0 Å². The molecule has 0 saturated heterocycles. The third kappa shape index (κ3) is 5.99. The van der Waals surface area contributed by atoms with Crippen LogP contribution in [0.5, 0.6) is 11.5 Å². The Morgan fingerprint density at radius 2 is 1.97 bits per heavy atom. The molecule has 0 bridgehead atoms. The second-order valence-corrected chi connectivity index (χ2v) is 9.23. The molecular formula is C25H27ClN6O3. The Morgan fingerprint density at radius 3 is 2.69 bits per heavy atom. The molecule has 2 heterocycles. The molecule has 0 saturated carbocycles. The third-order valence-electron chi connectivity index (χ3n) is 4.79. The van der Waals surface area contributed by atoms with Gasteiger partial charge in [0.2, 0.25) is 0 Å². The SMILES string of the molecule is CCOc1c(Cl)ccc2nc(-c3cccc(OCC(=O)NC(C)(C)C)c3)nc(Nc3cn[nH]c3)c12. The number of ether oxygens (including phenoxy) is 2. The third-order valence-corrected chi connectivity index (χ3v) is 5.09. The predicted octanol–water partition coefficient (Wildman–Crippen LogP) is 5.11. The fourth-order valence-corrected chi connectivity index (χ4v) is 3.67. The molecule has 2 aromatic heterocycles. The van der Waals surface area contributed by atoms with E-state index in [0.717, 1.165) is 11.3 Å². The number of anilines is 2. The van der Waals surface area contributed by atoms with Crippen molar-refractivity contribution in [2.75, 3.05) is 18.5 Å². The Labute approximate surface area is 208 Å². The van der Waals surface area contributed by atoms with E-state index in [1.54, 1.807) is 30.6 Å². The van der Waals surface area contributed by atoms with Crippen molar-refractivity contribution in [3.05, 3.63) is 53.8 Å². The van der Waals surface area contributed by atoms with Crippen molar-refractivity contribution in [3.8, 4) is 22.9 Å². The second kappa shape index (κ2) is 10.2. The van der Waals surface area contributed by atoms with Crippen LogP contribution in [-0.4, -0.2) is 44.8 Å². The summed E-state index contributed by atoms with van der Waals surface area (Å²) in [7, 11) is 0. The number of carbonyl (C=O) groups excluding carboxylic acids is 1. The molecule has 0 radical (unpaired) electrons. The molecular weight excluding hydrogens is 468 g/mol. The van der Waals surface area contributed by atoms with Gasteiger partial charge in [0.1, 0.15) is 11.6 Å². The Kier molecular flexibility index (Phi) is 7.07. The minimum Gasteiger partial charge on any atom is -0.491 e. The average molecular weight is 495 g/mol. The highest BCUT2D eigenvalue weighted by Crippen LogP contribution is 2.39. The normalized spacial score (nSPS) is 11.3. The number of aromatic nitrogens is 4. The van der Waals surface area contributed by atoms with Crippen molar-refractivity contribution in [2.24, 2.45) is 0 Å². The van der Waals surface area contributed by atoms with Crippen LogP contribution in [0.3, 0.4) is 0 Å². The Bertz CT molecular complexity index is 1340. The number of fused-ring (bicyclic) bond motifs is 1. The van der Waals surface area contributed by atoms with Gasteiger partial charge in [0, 0.05) is 17.3 Å². The van der Waals surface area contributed by atoms with E-state index in [0.29, 0.717) is 45.7 Å². The second-order valence-electron chi connectivity index (χ2n) is 8.83. The summed E-state index contributed by atoms with van der Waals surface area (Å²) in [4.78, 5) is 21.7. The Morgan fingerprint density at radius 1 is 1.14 bits per heavy atom. The van der Waals surface area contributed by atoms with Crippen LogP contribution in [0.25, 0.3) is 22.3 Å². The lowest BCUT2D eigenvalue weighted by Gasteiger charge is -2.20. The maximum atomic E-state index is 12.1. The number of aromatic amines is 1. The van der Waals surface area contributed by atoms with Crippen LogP contribution in [0.4, 0.5) is 11.5 Å². The van der Waals surface area contributed by atoms with Gasteiger partial charge in [-0.25, -0.2) is 9.97 Å². The number of nitrogens with zero attached hydrogens (tertiary/aromatic N) is 3. The number of carbonyl (C=O) groups is 1. The highest BCUT2D eigenvalue weighted by atomic mass is 35.5. The van der Waals surface area contributed by atoms with E-state index in [-0.39, 0.29) is 18.1 Å². The molecule has 10 heteroatoms. The number of benzene rings is 2. The highest BCUT2D eigenvalue weighted by molar-refractivity contribution is 6.33. The number of H-pyrrole nitrogens is 1. The molecule has 182 valence electrons. The van der Waals surface area contributed by atoms with Crippen molar-refractivity contribution in [1.29, 1.82) is 0 Å². The lowest BCUT2D eigenvalue weighted by atomic mass is 10.1. The first-order valence-corrected chi connectivity index (χ1v) is 11.5. The fraction of sp³-hybridized carbons (Fsp3) is 0.280. The highest BCUT2D eigenvalue weighted by Gasteiger charge is 2.18. The van der Waals surface area contributed by atoms with E-state index in [1.807, 2.05) is 45.9 Å². The number of halogens is 1. The molecule has 9 nitrogen and oxygen atoms in total. The van der Waals surface area contributed by atoms with E-state index in [1.165, 1.54) is 0 Å². The van der Waals surface area contributed by atoms with Crippen molar-refractivity contribution in [2.45, 2.75) is 33.2 Å². The van der Waals surface area contributed by atoms with E-state index in [2.05, 4.69) is 20.8 Å². The van der Waals surface area contributed by atoms with Crippen molar-refractivity contribution in [3.63, 3.8) is 0 Å². The van der Waals surface area contributed by atoms with E-state index in [4.69, 9.17) is 31.0 Å². The van der Waals surface area contributed by atoms with Gasteiger partial charge in [-0.2, -0.15) is 5.10 Å². The van der Waals surface area contributed by atoms with Gasteiger partial charge in [-0.3, -0.25) is 9.89 Å². The van der Waals surface area contributed by atoms with Gasteiger partial charge in [0.05, 0.1) is 34.4 Å². The van der Waals surface area contributed by atoms with E-state index in [9.17, 15) is 4.79 Å². The number of hydrogen-bond acceptors (Lipinski definition) is 7. The minimum absolute atomic E-state index is 0.0944. The van der Waals surface area contributed by atoms with Crippen molar-refractivity contribution < 1.29 is 14.3 Å². The van der Waals surface area contributed by atoms with Gasteiger partial charge in [-0.05, 0) is 52.0 Å². The zero-order valence-electron chi connectivity index (χ0n) is 20.0. The fourth-order valence-electron chi connectivity index (χ4n) is 3.46. The average Bonchev–Trinajstić information content (AvgIpc) is 3.32. The Balaban J connectivity index is 1.71. The largest absolute Gasteiger partial charge is 0.491 e. The van der Waals surface area contributed by atoms with Crippen LogP contribution < -0.4 is 20.1 Å². The number of rotatable bonds is 8. The lowest BCUT2D eigenvalue weighted by Crippen LogP contribution is -2.43. The molecule has 0 aliphatic rings. The molecule has 0 fully saturated rings. The van der Waals surface area contributed by atoms with Crippen LogP contribution in [0.1, 0.15) is 27.7 Å². The summed E-state index contributed by atoms with van der Waals surface area (Å²) in [6, 6.07) is 10.9. The van der Waals surface area contributed by atoms with Gasteiger partial charge >= 0.3 is 0 Å². The molecule has 0 aliphatic heterocycles. The maximum Gasteiger partial charge on any atom is 0.258 e. The summed E-state index contributed by atoms with van der Waals surface area (Å²) in [6.45, 7) is 7.99. The molecule has 3 N–H and O–H groups in total. The summed E-state index contributed by atoms with van der Waals surface area (Å²) >= 11 is 6.44. The molecule has 0 aliphatic carbocycles.